The van der Waals surface area contributed by atoms with Gasteiger partial charge in [0.05, 0.1) is 12.6 Å². The largest absolute Gasteiger partial charge is 0.394 e. The van der Waals surface area contributed by atoms with Crippen LogP contribution in [-0.2, 0) is 0 Å². The number of hydrogen-bond donors (Lipinski definition) is 1. The van der Waals surface area contributed by atoms with Gasteiger partial charge in [-0.25, -0.2) is 0 Å². The lowest BCUT2D eigenvalue weighted by Gasteiger charge is -2.41. The molecule has 94 valence electrons. The molecule has 1 aromatic rings. The van der Waals surface area contributed by atoms with Gasteiger partial charge in [-0.2, -0.15) is 0 Å². The second-order valence-corrected chi connectivity index (χ2v) is 5.08. The number of aliphatic hydroxyl groups excluding tert-OH is 1. The first-order valence-corrected chi connectivity index (χ1v) is 6.25. The van der Waals surface area contributed by atoms with E-state index >= 15 is 0 Å². The Morgan fingerprint density at radius 1 is 1.29 bits per heavy atom. The zero-order valence-corrected chi connectivity index (χ0v) is 11.0. The van der Waals surface area contributed by atoms with Crippen LogP contribution in [0.4, 0.5) is 5.69 Å². The Bertz CT molecular complexity index is 392. The minimum atomic E-state index is 0.218. The molecule has 0 bridgehead atoms. The minimum Gasteiger partial charge on any atom is -0.394 e. The summed E-state index contributed by atoms with van der Waals surface area (Å²) >= 11 is 0. The Kier molecular flexibility index (Phi) is 3.69. The zero-order valence-electron chi connectivity index (χ0n) is 11.0. The molecule has 1 aliphatic heterocycles. The average molecular weight is 234 g/mol. The first-order valence-electron chi connectivity index (χ1n) is 6.25. The number of aryl methyl sites for hydroxylation is 2. The fourth-order valence-corrected chi connectivity index (χ4v) is 2.61. The van der Waals surface area contributed by atoms with Crippen LogP contribution in [0.15, 0.2) is 18.2 Å². The summed E-state index contributed by atoms with van der Waals surface area (Å²) in [5.74, 6) is 0. The van der Waals surface area contributed by atoms with Crippen molar-refractivity contribution < 1.29 is 5.11 Å². The smallest absolute Gasteiger partial charge is 0.0648 e. The zero-order chi connectivity index (χ0) is 12.4. The first kappa shape index (κ1) is 12.4. The molecule has 0 saturated carbocycles. The maximum atomic E-state index is 9.52. The van der Waals surface area contributed by atoms with E-state index in [1.807, 2.05) is 0 Å². The van der Waals surface area contributed by atoms with Crippen LogP contribution in [0.3, 0.4) is 0 Å². The van der Waals surface area contributed by atoms with E-state index in [4.69, 9.17) is 0 Å². The maximum absolute atomic E-state index is 9.52. The molecule has 0 aromatic heterocycles. The summed E-state index contributed by atoms with van der Waals surface area (Å²) in [6, 6.07) is 6.76. The summed E-state index contributed by atoms with van der Waals surface area (Å²) in [5.41, 5.74) is 3.86. The minimum absolute atomic E-state index is 0.218. The van der Waals surface area contributed by atoms with Crippen LogP contribution in [-0.4, -0.2) is 49.3 Å². The third kappa shape index (κ3) is 2.61. The standard InChI is InChI=1S/C14H22N2O/c1-11-4-5-14(12(2)8-11)16-7-6-15(3)9-13(16)10-17/h4-5,8,13,17H,6-7,9-10H2,1-3H3. The molecule has 17 heavy (non-hydrogen) atoms. The molecule has 1 unspecified atom stereocenters. The second-order valence-electron chi connectivity index (χ2n) is 5.08. The van der Waals surface area contributed by atoms with Crippen molar-refractivity contribution in [1.29, 1.82) is 0 Å². The third-order valence-corrected chi connectivity index (χ3v) is 3.56. The summed E-state index contributed by atoms with van der Waals surface area (Å²) in [7, 11) is 2.11. The Morgan fingerprint density at radius 3 is 2.71 bits per heavy atom. The number of aliphatic hydroxyl groups is 1. The number of likely N-dealkylation sites (N-methyl/N-ethyl adjacent to an activating group) is 1. The SMILES string of the molecule is Cc1ccc(N2CCN(C)CC2CO)c(C)c1. The van der Waals surface area contributed by atoms with Gasteiger partial charge in [0.2, 0.25) is 0 Å². The number of hydrogen-bond acceptors (Lipinski definition) is 3. The van der Waals surface area contributed by atoms with Gasteiger partial charge < -0.3 is 14.9 Å². The molecule has 0 spiro atoms. The van der Waals surface area contributed by atoms with Gasteiger partial charge in [0, 0.05) is 25.3 Å². The van der Waals surface area contributed by atoms with Crippen molar-refractivity contribution in [3.63, 3.8) is 0 Å². The predicted molar refractivity (Wildman–Crippen MR) is 71.6 cm³/mol. The number of piperazine rings is 1. The molecule has 1 saturated heterocycles. The molecule has 1 aliphatic rings. The number of benzene rings is 1. The molecule has 0 radical (unpaired) electrons. The molecule has 0 amide bonds. The number of anilines is 1. The van der Waals surface area contributed by atoms with E-state index < -0.39 is 0 Å². The molecule has 1 heterocycles. The number of rotatable bonds is 2. The quantitative estimate of drug-likeness (QED) is 0.838. The molecule has 3 heteroatoms. The topological polar surface area (TPSA) is 26.7 Å². The molecule has 1 aromatic carbocycles. The lowest BCUT2D eigenvalue weighted by molar-refractivity contribution is 0.191. The van der Waals surface area contributed by atoms with Gasteiger partial charge in [0.15, 0.2) is 0 Å². The molecular formula is C14H22N2O. The van der Waals surface area contributed by atoms with Crippen LogP contribution < -0.4 is 4.90 Å². The van der Waals surface area contributed by atoms with Gasteiger partial charge in [-0.3, -0.25) is 0 Å². The highest BCUT2D eigenvalue weighted by Crippen LogP contribution is 2.25. The van der Waals surface area contributed by atoms with Crippen LogP contribution in [0.2, 0.25) is 0 Å². The lowest BCUT2D eigenvalue weighted by Crippen LogP contribution is -2.53. The summed E-state index contributed by atoms with van der Waals surface area (Å²) < 4.78 is 0. The molecule has 2 rings (SSSR count). The molecular weight excluding hydrogens is 212 g/mol. The maximum Gasteiger partial charge on any atom is 0.0648 e. The summed E-state index contributed by atoms with van der Waals surface area (Å²) in [4.78, 5) is 4.62. The van der Waals surface area contributed by atoms with E-state index in [0.717, 1.165) is 19.6 Å². The van der Waals surface area contributed by atoms with E-state index in [-0.39, 0.29) is 12.6 Å². The van der Waals surface area contributed by atoms with Gasteiger partial charge in [-0.05, 0) is 32.5 Å². The molecule has 1 atom stereocenters. The predicted octanol–water partition coefficient (Wildman–Crippen LogP) is 1.42. The second kappa shape index (κ2) is 5.07. The van der Waals surface area contributed by atoms with Crippen molar-refractivity contribution in [3.05, 3.63) is 29.3 Å². The summed E-state index contributed by atoms with van der Waals surface area (Å²) in [6.07, 6.45) is 0. The van der Waals surface area contributed by atoms with Crippen LogP contribution in [0, 0.1) is 13.8 Å². The molecule has 1 N–H and O–H groups in total. The highest BCUT2D eigenvalue weighted by Gasteiger charge is 2.25. The monoisotopic (exact) mass is 234 g/mol. The summed E-state index contributed by atoms with van der Waals surface area (Å²) in [6.45, 7) is 7.47. The van der Waals surface area contributed by atoms with E-state index in [1.165, 1.54) is 16.8 Å². The van der Waals surface area contributed by atoms with Gasteiger partial charge in [0.25, 0.3) is 0 Å². The van der Waals surface area contributed by atoms with E-state index in [0.29, 0.717) is 0 Å². The summed E-state index contributed by atoms with van der Waals surface area (Å²) in [5, 5.41) is 9.52. The molecule has 3 nitrogen and oxygen atoms in total. The Balaban J connectivity index is 2.25. The third-order valence-electron chi connectivity index (χ3n) is 3.56. The van der Waals surface area contributed by atoms with Crippen molar-refractivity contribution >= 4 is 5.69 Å². The van der Waals surface area contributed by atoms with Gasteiger partial charge in [-0.15, -0.1) is 0 Å². The van der Waals surface area contributed by atoms with Gasteiger partial charge in [0.1, 0.15) is 0 Å². The Hall–Kier alpha value is -1.06. The van der Waals surface area contributed by atoms with Crippen LogP contribution in [0.25, 0.3) is 0 Å². The van der Waals surface area contributed by atoms with E-state index in [1.54, 1.807) is 0 Å². The van der Waals surface area contributed by atoms with Crippen LogP contribution in [0.1, 0.15) is 11.1 Å². The first-order chi connectivity index (χ1) is 8.11. The van der Waals surface area contributed by atoms with E-state index in [2.05, 4.69) is 48.9 Å². The van der Waals surface area contributed by atoms with Crippen LogP contribution in [0.5, 0.6) is 0 Å². The van der Waals surface area contributed by atoms with Crippen LogP contribution >= 0.6 is 0 Å². The van der Waals surface area contributed by atoms with E-state index in [9.17, 15) is 5.11 Å². The van der Waals surface area contributed by atoms with Gasteiger partial charge >= 0.3 is 0 Å². The normalized spacial score (nSPS) is 21.9. The lowest BCUT2D eigenvalue weighted by atomic mass is 10.1. The van der Waals surface area contributed by atoms with Crippen molar-refractivity contribution in [1.82, 2.24) is 4.90 Å². The van der Waals surface area contributed by atoms with Gasteiger partial charge in [-0.1, -0.05) is 17.7 Å². The Labute approximate surface area is 104 Å². The highest BCUT2D eigenvalue weighted by molar-refractivity contribution is 5.55. The van der Waals surface area contributed by atoms with Crippen molar-refractivity contribution in [2.75, 3.05) is 38.2 Å². The van der Waals surface area contributed by atoms with Crippen molar-refractivity contribution in [2.24, 2.45) is 0 Å². The van der Waals surface area contributed by atoms with Crippen molar-refractivity contribution in [2.45, 2.75) is 19.9 Å². The Morgan fingerprint density at radius 2 is 2.06 bits per heavy atom. The average Bonchev–Trinajstić information content (AvgIpc) is 2.30. The fourth-order valence-electron chi connectivity index (χ4n) is 2.61. The highest BCUT2D eigenvalue weighted by atomic mass is 16.3. The number of nitrogens with zero attached hydrogens (tertiary/aromatic N) is 2. The fraction of sp³-hybridized carbons (Fsp3) is 0.571. The molecule has 1 fully saturated rings. The van der Waals surface area contributed by atoms with Crippen molar-refractivity contribution in [3.8, 4) is 0 Å². The molecule has 0 aliphatic carbocycles.